The van der Waals surface area contributed by atoms with E-state index in [1.807, 2.05) is 31.2 Å². The smallest absolute Gasteiger partial charge is 0.387 e. The Hall–Kier alpha value is -2.67. The molecule has 5 nitrogen and oxygen atoms in total. The van der Waals surface area contributed by atoms with Crippen molar-refractivity contribution in [2.75, 3.05) is 5.32 Å². The van der Waals surface area contributed by atoms with Crippen LogP contribution in [0.5, 0.6) is 5.75 Å². The van der Waals surface area contributed by atoms with E-state index >= 15 is 0 Å². The first-order valence-corrected chi connectivity index (χ1v) is 7.78. The third-order valence-corrected chi connectivity index (χ3v) is 3.87. The number of aromatic nitrogens is 2. The second-order valence-corrected chi connectivity index (χ2v) is 5.71. The number of halogens is 3. The van der Waals surface area contributed by atoms with Gasteiger partial charge in [-0.05, 0) is 37.3 Å². The van der Waals surface area contributed by atoms with Crippen LogP contribution in [0.15, 0.2) is 42.5 Å². The number of nitrogens with zero attached hydrogens (tertiary/aromatic N) is 2. The van der Waals surface area contributed by atoms with Gasteiger partial charge in [0.25, 0.3) is 0 Å². The summed E-state index contributed by atoms with van der Waals surface area (Å²) < 4.78 is 30.5. The van der Waals surface area contributed by atoms with Crippen LogP contribution in [0.1, 0.15) is 5.82 Å². The number of hydrogen-bond acceptors (Lipinski definition) is 3. The Kier molecular flexibility index (Phi) is 4.85. The summed E-state index contributed by atoms with van der Waals surface area (Å²) in [5.41, 5.74) is 2.05. The number of anilines is 1. The highest BCUT2D eigenvalue weighted by Crippen LogP contribution is 2.29. The lowest BCUT2D eigenvalue weighted by atomic mass is 10.3. The summed E-state index contributed by atoms with van der Waals surface area (Å²) >= 11 is 5.88. The summed E-state index contributed by atoms with van der Waals surface area (Å²) in [6.07, 6.45) is 0. The monoisotopic (exact) mass is 365 g/mol. The molecule has 130 valence electrons. The zero-order chi connectivity index (χ0) is 18.0. The van der Waals surface area contributed by atoms with Gasteiger partial charge in [-0.2, -0.15) is 8.78 Å². The third kappa shape index (κ3) is 3.88. The molecule has 0 unspecified atom stereocenters. The largest absolute Gasteiger partial charge is 0.433 e. The van der Waals surface area contributed by atoms with E-state index < -0.39 is 6.61 Å². The molecule has 0 atom stereocenters. The standard InChI is InChI=1S/C17H14ClF2N3O2/c1-10-21-13-4-2-3-5-14(13)23(10)9-16(24)22-11-6-7-15(12(18)8-11)25-17(19)20/h2-8,17H,9H2,1H3,(H,22,24). The van der Waals surface area contributed by atoms with Crippen LogP contribution in [0, 0.1) is 6.92 Å². The molecule has 0 saturated heterocycles. The van der Waals surface area contributed by atoms with Crippen LogP contribution in [-0.4, -0.2) is 22.1 Å². The van der Waals surface area contributed by atoms with Gasteiger partial charge < -0.3 is 14.6 Å². The molecule has 2 aromatic carbocycles. The average Bonchev–Trinajstić information content (AvgIpc) is 2.86. The topological polar surface area (TPSA) is 56.2 Å². The van der Waals surface area contributed by atoms with Crippen molar-refractivity contribution in [1.29, 1.82) is 0 Å². The fraction of sp³-hybridized carbons (Fsp3) is 0.176. The predicted molar refractivity (Wildman–Crippen MR) is 91.2 cm³/mol. The summed E-state index contributed by atoms with van der Waals surface area (Å²) in [5.74, 6) is 0.283. The zero-order valence-corrected chi connectivity index (χ0v) is 13.9. The average molecular weight is 366 g/mol. The number of para-hydroxylation sites is 2. The first kappa shape index (κ1) is 17.2. The lowest BCUT2D eigenvalue weighted by molar-refractivity contribution is -0.116. The summed E-state index contributed by atoms with van der Waals surface area (Å²) in [7, 11) is 0. The highest BCUT2D eigenvalue weighted by molar-refractivity contribution is 6.32. The number of alkyl halides is 2. The number of amides is 1. The molecule has 0 saturated carbocycles. The first-order valence-electron chi connectivity index (χ1n) is 7.40. The van der Waals surface area contributed by atoms with Gasteiger partial charge in [0, 0.05) is 5.69 Å². The number of carbonyl (C=O) groups excluding carboxylic acids is 1. The fourth-order valence-corrected chi connectivity index (χ4v) is 2.73. The Bertz CT molecular complexity index is 927. The molecule has 8 heteroatoms. The Morgan fingerprint density at radius 3 is 2.80 bits per heavy atom. The van der Waals surface area contributed by atoms with Crippen LogP contribution in [0.3, 0.4) is 0 Å². The molecule has 1 aromatic heterocycles. The molecule has 3 aromatic rings. The second kappa shape index (κ2) is 7.06. The minimum atomic E-state index is -2.96. The number of nitrogens with one attached hydrogen (secondary N) is 1. The Labute approximate surface area is 147 Å². The van der Waals surface area contributed by atoms with E-state index in [1.165, 1.54) is 18.2 Å². The normalized spacial score (nSPS) is 11.1. The number of ether oxygens (including phenoxy) is 1. The van der Waals surface area contributed by atoms with Crippen molar-refractivity contribution in [2.24, 2.45) is 0 Å². The molecule has 1 N–H and O–H groups in total. The minimum absolute atomic E-state index is 0.0117. The van der Waals surface area contributed by atoms with Crippen molar-refractivity contribution in [3.63, 3.8) is 0 Å². The third-order valence-electron chi connectivity index (χ3n) is 3.58. The number of aryl methyl sites for hydroxylation is 1. The van der Waals surface area contributed by atoms with E-state index in [-0.39, 0.29) is 23.2 Å². The highest BCUT2D eigenvalue weighted by Gasteiger charge is 2.13. The van der Waals surface area contributed by atoms with Gasteiger partial charge >= 0.3 is 6.61 Å². The number of imidazole rings is 1. The number of rotatable bonds is 5. The molecule has 25 heavy (non-hydrogen) atoms. The maximum Gasteiger partial charge on any atom is 0.387 e. The summed E-state index contributed by atoms with van der Waals surface area (Å²) in [6, 6.07) is 11.6. The summed E-state index contributed by atoms with van der Waals surface area (Å²) in [4.78, 5) is 16.7. The number of hydrogen-bond donors (Lipinski definition) is 1. The van der Waals surface area contributed by atoms with E-state index in [0.717, 1.165) is 16.9 Å². The van der Waals surface area contributed by atoms with Crippen LogP contribution >= 0.6 is 11.6 Å². The molecule has 1 amide bonds. The molecule has 0 spiro atoms. The second-order valence-electron chi connectivity index (χ2n) is 5.31. The minimum Gasteiger partial charge on any atom is -0.433 e. The molecule has 0 bridgehead atoms. The van der Waals surface area contributed by atoms with Crippen molar-refractivity contribution < 1.29 is 18.3 Å². The van der Waals surface area contributed by atoms with Gasteiger partial charge in [-0.15, -0.1) is 0 Å². The first-order chi connectivity index (χ1) is 11.9. The van der Waals surface area contributed by atoms with Crippen molar-refractivity contribution in [3.05, 3.63) is 53.3 Å². The molecule has 0 fully saturated rings. The van der Waals surface area contributed by atoms with Gasteiger partial charge in [-0.1, -0.05) is 23.7 Å². The van der Waals surface area contributed by atoms with E-state index in [4.69, 9.17) is 11.6 Å². The van der Waals surface area contributed by atoms with Crippen molar-refractivity contribution in [1.82, 2.24) is 9.55 Å². The van der Waals surface area contributed by atoms with Crippen molar-refractivity contribution in [2.45, 2.75) is 20.1 Å². The fourth-order valence-electron chi connectivity index (χ4n) is 2.51. The maximum absolute atomic E-state index is 12.3. The maximum atomic E-state index is 12.3. The van der Waals surface area contributed by atoms with E-state index in [2.05, 4.69) is 15.0 Å². The Morgan fingerprint density at radius 2 is 2.08 bits per heavy atom. The number of carbonyl (C=O) groups is 1. The summed E-state index contributed by atoms with van der Waals surface area (Å²) in [6.45, 7) is -1.07. The van der Waals surface area contributed by atoms with Gasteiger partial charge in [0.15, 0.2) is 0 Å². The van der Waals surface area contributed by atoms with Gasteiger partial charge in [0.1, 0.15) is 18.1 Å². The van der Waals surface area contributed by atoms with E-state index in [1.54, 1.807) is 4.57 Å². The Balaban J connectivity index is 1.74. The molecule has 0 aliphatic rings. The van der Waals surface area contributed by atoms with E-state index in [0.29, 0.717) is 5.69 Å². The quantitative estimate of drug-likeness (QED) is 0.735. The molecule has 0 aliphatic heterocycles. The molecule has 3 rings (SSSR count). The molecular weight excluding hydrogens is 352 g/mol. The SMILES string of the molecule is Cc1nc2ccccc2n1CC(=O)Nc1ccc(OC(F)F)c(Cl)c1. The van der Waals surface area contributed by atoms with Crippen LogP contribution < -0.4 is 10.1 Å². The molecule has 1 heterocycles. The van der Waals surface area contributed by atoms with Crippen LogP contribution in [0.4, 0.5) is 14.5 Å². The van der Waals surface area contributed by atoms with E-state index in [9.17, 15) is 13.6 Å². The number of benzene rings is 2. The van der Waals surface area contributed by atoms with Crippen molar-refractivity contribution >= 4 is 34.2 Å². The van der Waals surface area contributed by atoms with Gasteiger partial charge in [0.2, 0.25) is 5.91 Å². The molecule has 0 radical (unpaired) electrons. The highest BCUT2D eigenvalue weighted by atomic mass is 35.5. The van der Waals surface area contributed by atoms with Crippen LogP contribution in [0.25, 0.3) is 11.0 Å². The Morgan fingerprint density at radius 1 is 1.32 bits per heavy atom. The van der Waals surface area contributed by atoms with Crippen LogP contribution in [0.2, 0.25) is 5.02 Å². The van der Waals surface area contributed by atoms with Crippen molar-refractivity contribution in [3.8, 4) is 5.75 Å². The van der Waals surface area contributed by atoms with Gasteiger partial charge in [-0.25, -0.2) is 4.98 Å². The lowest BCUT2D eigenvalue weighted by Crippen LogP contribution is -2.19. The number of fused-ring (bicyclic) bond motifs is 1. The van der Waals surface area contributed by atoms with Crippen LogP contribution in [-0.2, 0) is 11.3 Å². The van der Waals surface area contributed by atoms with Gasteiger partial charge in [-0.3, -0.25) is 4.79 Å². The zero-order valence-electron chi connectivity index (χ0n) is 13.2. The lowest BCUT2D eigenvalue weighted by Gasteiger charge is -2.11. The van der Waals surface area contributed by atoms with Gasteiger partial charge in [0.05, 0.1) is 16.1 Å². The predicted octanol–water partition coefficient (Wildman–Crippen LogP) is 4.24. The molecular formula is C17H14ClF2N3O2. The summed E-state index contributed by atoms with van der Waals surface area (Å²) in [5, 5.41) is 2.67. The molecule has 0 aliphatic carbocycles.